The normalized spacial score (nSPS) is 14.0. The molecule has 16 nitrogen and oxygen atoms in total. The minimum absolute atomic E-state index is 0.00452. The molecular formula is C22H37N9O7. The lowest BCUT2D eigenvalue weighted by atomic mass is 10.0. The average molecular weight is 540 g/mol. The first kappa shape index (κ1) is 31.8. The Bertz CT molecular complexity index is 978. The van der Waals surface area contributed by atoms with Crippen LogP contribution in [0, 0.1) is 5.92 Å². The van der Waals surface area contributed by atoms with E-state index in [2.05, 4.69) is 30.9 Å². The third-order valence-corrected chi connectivity index (χ3v) is 5.24. The Kier molecular flexibility index (Phi) is 13.2. The van der Waals surface area contributed by atoms with Crippen molar-refractivity contribution in [2.45, 2.75) is 70.1 Å². The van der Waals surface area contributed by atoms with Crippen molar-refractivity contribution >= 4 is 35.6 Å². The number of amides is 3. The van der Waals surface area contributed by atoms with Crippen LogP contribution in [0.5, 0.6) is 0 Å². The molecule has 4 unspecified atom stereocenters. The van der Waals surface area contributed by atoms with Crippen molar-refractivity contribution in [1.29, 1.82) is 0 Å². The number of carboxylic acids is 2. The number of H-pyrrole nitrogens is 1. The van der Waals surface area contributed by atoms with Crippen LogP contribution < -0.4 is 33.2 Å². The number of aromatic amines is 1. The van der Waals surface area contributed by atoms with Crippen molar-refractivity contribution in [3.05, 3.63) is 18.2 Å². The second-order valence-electron chi connectivity index (χ2n) is 9.09. The minimum Gasteiger partial charge on any atom is -0.481 e. The van der Waals surface area contributed by atoms with Crippen LogP contribution >= 0.6 is 0 Å². The third-order valence-electron chi connectivity index (χ3n) is 5.24. The van der Waals surface area contributed by atoms with E-state index < -0.39 is 60.2 Å². The fourth-order valence-corrected chi connectivity index (χ4v) is 3.40. The number of carboxylic acid groups (broad SMARTS) is 2. The van der Waals surface area contributed by atoms with Gasteiger partial charge in [0.2, 0.25) is 17.7 Å². The van der Waals surface area contributed by atoms with E-state index in [0.717, 1.165) is 0 Å². The summed E-state index contributed by atoms with van der Waals surface area (Å²) >= 11 is 0. The van der Waals surface area contributed by atoms with Crippen LogP contribution in [0.3, 0.4) is 0 Å². The molecule has 0 spiro atoms. The van der Waals surface area contributed by atoms with Crippen LogP contribution in [-0.2, 0) is 30.4 Å². The highest BCUT2D eigenvalue weighted by molar-refractivity contribution is 5.95. The molecular weight excluding hydrogens is 502 g/mol. The summed E-state index contributed by atoms with van der Waals surface area (Å²) in [5.74, 6) is -5.41. The van der Waals surface area contributed by atoms with Crippen LogP contribution in [0.15, 0.2) is 17.5 Å². The quantitative estimate of drug-likeness (QED) is 0.0561. The van der Waals surface area contributed by atoms with Crippen molar-refractivity contribution in [2.24, 2.45) is 28.1 Å². The van der Waals surface area contributed by atoms with Gasteiger partial charge in [-0.3, -0.25) is 24.2 Å². The van der Waals surface area contributed by atoms with Crippen molar-refractivity contribution in [3.63, 3.8) is 0 Å². The predicted octanol–water partition coefficient (Wildman–Crippen LogP) is -2.61. The van der Waals surface area contributed by atoms with Gasteiger partial charge in [-0.15, -0.1) is 0 Å². The number of carbonyl (C=O) groups excluding carboxylic acids is 3. The van der Waals surface area contributed by atoms with Crippen LogP contribution in [0.2, 0.25) is 0 Å². The number of aromatic nitrogens is 2. The zero-order chi connectivity index (χ0) is 28.8. The van der Waals surface area contributed by atoms with Gasteiger partial charge in [0.15, 0.2) is 5.96 Å². The Morgan fingerprint density at radius 3 is 2.13 bits per heavy atom. The molecule has 16 heteroatoms. The van der Waals surface area contributed by atoms with E-state index in [4.69, 9.17) is 17.2 Å². The second kappa shape index (κ2) is 15.8. The second-order valence-corrected chi connectivity index (χ2v) is 9.09. The highest BCUT2D eigenvalue weighted by Gasteiger charge is 2.31. The van der Waals surface area contributed by atoms with Crippen molar-refractivity contribution < 1.29 is 34.2 Å². The van der Waals surface area contributed by atoms with Crippen LogP contribution in [0.4, 0.5) is 0 Å². The fraction of sp³-hybridized carbons (Fsp3) is 0.591. The van der Waals surface area contributed by atoms with Gasteiger partial charge in [-0.25, -0.2) is 9.78 Å². The molecule has 0 saturated carbocycles. The number of hydrogen-bond acceptors (Lipinski definition) is 8. The summed E-state index contributed by atoms with van der Waals surface area (Å²) in [4.78, 5) is 71.9. The van der Waals surface area contributed by atoms with Gasteiger partial charge in [-0.05, 0) is 25.2 Å². The first-order valence-electron chi connectivity index (χ1n) is 11.9. The van der Waals surface area contributed by atoms with Gasteiger partial charge in [0.1, 0.15) is 18.1 Å². The van der Waals surface area contributed by atoms with Gasteiger partial charge in [-0.2, -0.15) is 0 Å². The summed E-state index contributed by atoms with van der Waals surface area (Å²) in [5.41, 5.74) is 17.0. The minimum atomic E-state index is -1.56. The van der Waals surface area contributed by atoms with E-state index in [1.807, 2.05) is 0 Å². The summed E-state index contributed by atoms with van der Waals surface area (Å²) in [6.07, 6.45) is 2.48. The van der Waals surface area contributed by atoms with E-state index >= 15 is 0 Å². The molecule has 0 aliphatic rings. The number of aliphatic carboxylic acids is 2. The number of nitrogens with zero attached hydrogens (tertiary/aromatic N) is 2. The largest absolute Gasteiger partial charge is 0.481 e. The maximum atomic E-state index is 13.0. The molecule has 0 saturated heterocycles. The fourth-order valence-electron chi connectivity index (χ4n) is 3.40. The zero-order valence-corrected chi connectivity index (χ0v) is 21.3. The molecule has 0 aliphatic carbocycles. The lowest BCUT2D eigenvalue weighted by Crippen LogP contribution is -2.57. The van der Waals surface area contributed by atoms with Gasteiger partial charge in [0.05, 0.1) is 18.8 Å². The summed E-state index contributed by atoms with van der Waals surface area (Å²) in [7, 11) is 0. The molecule has 38 heavy (non-hydrogen) atoms. The van der Waals surface area contributed by atoms with E-state index in [0.29, 0.717) is 5.69 Å². The van der Waals surface area contributed by atoms with Gasteiger partial charge in [0, 0.05) is 24.9 Å². The third kappa shape index (κ3) is 12.2. The van der Waals surface area contributed by atoms with Crippen molar-refractivity contribution in [2.75, 3.05) is 6.54 Å². The molecule has 0 radical (unpaired) electrons. The number of aliphatic imine (C=N–C) groups is 1. The molecule has 1 aromatic rings. The van der Waals surface area contributed by atoms with Crippen LogP contribution in [-0.4, -0.2) is 86.5 Å². The predicted molar refractivity (Wildman–Crippen MR) is 135 cm³/mol. The molecule has 0 aromatic carbocycles. The molecule has 1 heterocycles. The van der Waals surface area contributed by atoms with Crippen LogP contribution in [0.1, 0.15) is 45.2 Å². The molecule has 12 N–H and O–H groups in total. The Morgan fingerprint density at radius 1 is 1.00 bits per heavy atom. The van der Waals surface area contributed by atoms with Gasteiger partial charge in [0.25, 0.3) is 0 Å². The molecule has 1 rings (SSSR count). The lowest BCUT2D eigenvalue weighted by molar-refractivity contribution is -0.143. The van der Waals surface area contributed by atoms with E-state index in [9.17, 15) is 34.2 Å². The standard InChI is InChI=1S/C22H37N9O7/c1-11(2)6-16(21(37)38)31-19(35)14(4-3-5-27-22(24)25)29-20(36)15(8-17(32)33)30-18(34)13(23)7-12-9-26-10-28-12/h9-11,13-16H,3-8,23H2,1-2H3,(H,26,28)(H,29,36)(H,30,34)(H,31,35)(H,32,33)(H,37,38)(H4,24,25,27). The lowest BCUT2D eigenvalue weighted by Gasteiger charge is -2.25. The molecule has 3 amide bonds. The topological polar surface area (TPSA) is 281 Å². The molecule has 212 valence electrons. The van der Waals surface area contributed by atoms with Gasteiger partial charge in [-0.1, -0.05) is 13.8 Å². The molecule has 0 bridgehead atoms. The van der Waals surface area contributed by atoms with E-state index in [1.54, 1.807) is 13.8 Å². The number of nitrogens with one attached hydrogen (secondary N) is 4. The highest BCUT2D eigenvalue weighted by Crippen LogP contribution is 2.08. The summed E-state index contributed by atoms with van der Waals surface area (Å²) < 4.78 is 0. The number of imidazole rings is 1. The number of guanidine groups is 1. The average Bonchev–Trinajstić information content (AvgIpc) is 3.32. The van der Waals surface area contributed by atoms with Crippen molar-refractivity contribution in [1.82, 2.24) is 25.9 Å². The number of rotatable bonds is 17. The number of carbonyl (C=O) groups is 5. The highest BCUT2D eigenvalue weighted by atomic mass is 16.4. The van der Waals surface area contributed by atoms with E-state index in [1.165, 1.54) is 12.5 Å². The number of nitrogens with two attached hydrogens (primary N) is 3. The Morgan fingerprint density at radius 2 is 1.61 bits per heavy atom. The molecule has 0 aliphatic heterocycles. The molecule has 4 atom stereocenters. The Labute approximate surface area is 219 Å². The monoisotopic (exact) mass is 539 g/mol. The van der Waals surface area contributed by atoms with Gasteiger partial charge < -0.3 is 48.3 Å². The summed E-state index contributed by atoms with van der Waals surface area (Å²) in [6, 6.07) is -5.16. The van der Waals surface area contributed by atoms with E-state index in [-0.39, 0.29) is 44.1 Å². The first-order chi connectivity index (χ1) is 17.8. The van der Waals surface area contributed by atoms with Gasteiger partial charge >= 0.3 is 11.9 Å². The Balaban J connectivity index is 3.01. The maximum Gasteiger partial charge on any atom is 0.326 e. The van der Waals surface area contributed by atoms with Crippen LogP contribution in [0.25, 0.3) is 0 Å². The molecule has 1 aromatic heterocycles. The maximum absolute atomic E-state index is 13.0. The summed E-state index contributed by atoms with van der Waals surface area (Å²) in [6.45, 7) is 3.69. The SMILES string of the molecule is CC(C)CC(NC(=O)C(CCCN=C(N)N)NC(=O)C(CC(=O)O)NC(=O)C(N)Cc1cnc[nH]1)C(=O)O. The van der Waals surface area contributed by atoms with Crippen molar-refractivity contribution in [3.8, 4) is 0 Å². The zero-order valence-electron chi connectivity index (χ0n) is 21.3. The first-order valence-corrected chi connectivity index (χ1v) is 11.9. The number of hydrogen-bond donors (Lipinski definition) is 9. The Hall–Kier alpha value is -4.21. The summed E-state index contributed by atoms with van der Waals surface area (Å²) in [5, 5.41) is 25.8. The smallest absolute Gasteiger partial charge is 0.326 e. The molecule has 0 fully saturated rings.